The maximum Gasteiger partial charge on any atom is 0.254 e. The molecular formula is C16H19NO3. The maximum absolute atomic E-state index is 12.5. The lowest BCUT2D eigenvalue weighted by molar-refractivity contribution is -0.0124. The molecule has 4 heteroatoms. The molecule has 1 heterocycles. The van der Waals surface area contributed by atoms with Crippen molar-refractivity contribution in [3.63, 3.8) is 0 Å². The third-order valence-corrected chi connectivity index (χ3v) is 3.16. The van der Waals surface area contributed by atoms with Gasteiger partial charge in [0.2, 0.25) is 0 Å². The largest absolute Gasteiger partial charge is 0.384 e. The van der Waals surface area contributed by atoms with Gasteiger partial charge >= 0.3 is 0 Å². The molecule has 0 aromatic heterocycles. The van der Waals surface area contributed by atoms with Gasteiger partial charge < -0.3 is 14.7 Å². The SMILES string of the molecule is Cc1cc(C#CCO)cc(C(=O)N2CCOC(C)C2)c1. The van der Waals surface area contributed by atoms with Crippen LogP contribution in [0.25, 0.3) is 0 Å². The summed E-state index contributed by atoms with van der Waals surface area (Å²) in [5.41, 5.74) is 2.38. The fourth-order valence-corrected chi connectivity index (χ4v) is 2.31. The third-order valence-electron chi connectivity index (χ3n) is 3.16. The number of amides is 1. The summed E-state index contributed by atoms with van der Waals surface area (Å²) >= 11 is 0. The summed E-state index contributed by atoms with van der Waals surface area (Å²) in [6, 6.07) is 5.55. The topological polar surface area (TPSA) is 49.8 Å². The van der Waals surface area contributed by atoms with E-state index in [1.165, 1.54) is 0 Å². The molecule has 1 unspecified atom stereocenters. The van der Waals surface area contributed by atoms with Crippen LogP contribution in [0.15, 0.2) is 18.2 Å². The van der Waals surface area contributed by atoms with Crippen LogP contribution in [0.3, 0.4) is 0 Å². The normalized spacial score (nSPS) is 18.4. The number of aryl methyl sites for hydroxylation is 1. The van der Waals surface area contributed by atoms with Crippen LogP contribution in [0, 0.1) is 18.8 Å². The van der Waals surface area contributed by atoms with Crippen molar-refractivity contribution in [2.75, 3.05) is 26.3 Å². The molecule has 0 radical (unpaired) electrons. The van der Waals surface area contributed by atoms with Crippen molar-refractivity contribution < 1.29 is 14.6 Å². The summed E-state index contributed by atoms with van der Waals surface area (Å²) in [4.78, 5) is 14.3. The Bertz CT molecular complexity index is 557. The minimum absolute atomic E-state index is 0.0101. The molecule has 1 aliphatic heterocycles. The minimum atomic E-state index is -0.182. The quantitative estimate of drug-likeness (QED) is 0.782. The maximum atomic E-state index is 12.5. The first-order chi connectivity index (χ1) is 9.60. The van der Waals surface area contributed by atoms with E-state index in [4.69, 9.17) is 9.84 Å². The summed E-state index contributed by atoms with van der Waals surface area (Å²) < 4.78 is 5.45. The number of morpholine rings is 1. The highest BCUT2D eigenvalue weighted by Crippen LogP contribution is 2.14. The van der Waals surface area contributed by atoms with Gasteiger partial charge in [-0.1, -0.05) is 11.8 Å². The molecule has 1 saturated heterocycles. The number of nitrogens with zero attached hydrogens (tertiary/aromatic N) is 1. The number of ether oxygens (including phenoxy) is 1. The molecule has 0 bridgehead atoms. The summed E-state index contributed by atoms with van der Waals surface area (Å²) in [5.74, 6) is 5.46. The summed E-state index contributed by atoms with van der Waals surface area (Å²) in [6.07, 6.45) is 0.0751. The molecule has 4 nitrogen and oxygen atoms in total. The Morgan fingerprint density at radius 1 is 1.50 bits per heavy atom. The second-order valence-electron chi connectivity index (χ2n) is 4.98. The van der Waals surface area contributed by atoms with Crippen molar-refractivity contribution in [3.8, 4) is 11.8 Å². The number of aliphatic hydroxyl groups excluding tert-OH is 1. The smallest absolute Gasteiger partial charge is 0.254 e. The van der Waals surface area contributed by atoms with Crippen molar-refractivity contribution in [2.24, 2.45) is 0 Å². The van der Waals surface area contributed by atoms with Crippen LogP contribution in [0.1, 0.15) is 28.4 Å². The zero-order valence-corrected chi connectivity index (χ0v) is 11.8. The number of carbonyl (C=O) groups excluding carboxylic acids is 1. The molecule has 1 fully saturated rings. The van der Waals surface area contributed by atoms with E-state index in [0.29, 0.717) is 25.3 Å². The lowest BCUT2D eigenvalue weighted by Crippen LogP contribution is -2.44. The molecule has 1 atom stereocenters. The van der Waals surface area contributed by atoms with Gasteiger partial charge in [0.25, 0.3) is 5.91 Å². The predicted molar refractivity (Wildman–Crippen MR) is 76.5 cm³/mol. The van der Waals surface area contributed by atoms with Gasteiger partial charge in [0.1, 0.15) is 6.61 Å². The number of hydrogen-bond acceptors (Lipinski definition) is 3. The first kappa shape index (κ1) is 14.6. The average Bonchev–Trinajstić information content (AvgIpc) is 2.43. The molecule has 0 spiro atoms. The van der Waals surface area contributed by atoms with E-state index in [1.54, 1.807) is 6.07 Å². The molecule has 1 aromatic rings. The summed E-state index contributed by atoms with van der Waals surface area (Å²) in [5, 5.41) is 8.75. The lowest BCUT2D eigenvalue weighted by atomic mass is 10.1. The van der Waals surface area contributed by atoms with Crippen molar-refractivity contribution in [3.05, 3.63) is 34.9 Å². The van der Waals surface area contributed by atoms with E-state index in [1.807, 2.05) is 30.9 Å². The zero-order valence-electron chi connectivity index (χ0n) is 11.8. The van der Waals surface area contributed by atoms with Gasteiger partial charge in [0.15, 0.2) is 0 Å². The Labute approximate surface area is 119 Å². The molecule has 1 N–H and O–H groups in total. The van der Waals surface area contributed by atoms with Crippen LogP contribution >= 0.6 is 0 Å². The van der Waals surface area contributed by atoms with Gasteiger partial charge in [0.05, 0.1) is 12.7 Å². The van der Waals surface area contributed by atoms with Gasteiger partial charge in [0, 0.05) is 24.2 Å². The molecule has 0 aliphatic carbocycles. The molecule has 1 amide bonds. The van der Waals surface area contributed by atoms with Gasteiger partial charge in [-0.15, -0.1) is 0 Å². The van der Waals surface area contributed by atoms with Crippen molar-refractivity contribution in [1.29, 1.82) is 0 Å². The molecule has 20 heavy (non-hydrogen) atoms. The highest BCUT2D eigenvalue weighted by Gasteiger charge is 2.22. The standard InChI is InChI=1S/C16H19NO3/c1-12-8-14(4-3-6-18)10-15(9-12)16(19)17-5-7-20-13(2)11-17/h8-10,13,18H,5-7,11H2,1-2H3. The van der Waals surface area contributed by atoms with Crippen LogP contribution in [0.4, 0.5) is 0 Å². The second-order valence-corrected chi connectivity index (χ2v) is 4.98. The fraction of sp³-hybridized carbons (Fsp3) is 0.438. The van der Waals surface area contributed by atoms with E-state index in [9.17, 15) is 4.79 Å². The van der Waals surface area contributed by atoms with Crippen molar-refractivity contribution in [1.82, 2.24) is 4.90 Å². The number of aliphatic hydroxyl groups is 1. The Morgan fingerprint density at radius 2 is 2.30 bits per heavy atom. The second kappa shape index (κ2) is 6.56. The lowest BCUT2D eigenvalue weighted by Gasteiger charge is -2.31. The van der Waals surface area contributed by atoms with Crippen molar-refractivity contribution >= 4 is 5.91 Å². The molecule has 106 valence electrons. The third kappa shape index (κ3) is 3.60. The van der Waals surface area contributed by atoms with Gasteiger partial charge in [-0.25, -0.2) is 0 Å². The molecule has 1 aliphatic rings. The van der Waals surface area contributed by atoms with E-state index in [-0.39, 0.29) is 18.6 Å². The zero-order chi connectivity index (χ0) is 14.5. The van der Waals surface area contributed by atoms with Gasteiger partial charge in [-0.05, 0) is 37.6 Å². The Kier molecular flexibility index (Phi) is 4.78. The van der Waals surface area contributed by atoms with E-state index >= 15 is 0 Å². The Hall–Kier alpha value is -1.83. The van der Waals surface area contributed by atoms with E-state index < -0.39 is 0 Å². The molecule has 0 saturated carbocycles. The Morgan fingerprint density at radius 3 is 3.00 bits per heavy atom. The van der Waals surface area contributed by atoms with E-state index in [0.717, 1.165) is 11.1 Å². The van der Waals surface area contributed by atoms with Crippen LogP contribution in [0.2, 0.25) is 0 Å². The summed E-state index contributed by atoms with van der Waals surface area (Å²) in [7, 11) is 0. The average molecular weight is 273 g/mol. The van der Waals surface area contributed by atoms with E-state index in [2.05, 4.69) is 11.8 Å². The number of benzene rings is 1. The van der Waals surface area contributed by atoms with Gasteiger partial charge in [-0.3, -0.25) is 4.79 Å². The number of hydrogen-bond donors (Lipinski definition) is 1. The number of carbonyl (C=O) groups is 1. The summed E-state index contributed by atoms with van der Waals surface area (Å²) in [6.45, 7) is 5.53. The highest BCUT2D eigenvalue weighted by molar-refractivity contribution is 5.95. The molecule has 2 rings (SSSR count). The Balaban J connectivity index is 2.22. The van der Waals surface area contributed by atoms with Crippen LogP contribution < -0.4 is 0 Å². The first-order valence-electron chi connectivity index (χ1n) is 6.72. The molecule has 1 aromatic carbocycles. The fourth-order valence-electron chi connectivity index (χ4n) is 2.31. The highest BCUT2D eigenvalue weighted by atomic mass is 16.5. The predicted octanol–water partition coefficient (Wildman–Crippen LogP) is 1.20. The number of rotatable bonds is 1. The molecular weight excluding hydrogens is 254 g/mol. The van der Waals surface area contributed by atoms with Crippen molar-refractivity contribution in [2.45, 2.75) is 20.0 Å². The monoisotopic (exact) mass is 273 g/mol. The van der Waals surface area contributed by atoms with Crippen LogP contribution in [0.5, 0.6) is 0 Å². The van der Waals surface area contributed by atoms with Gasteiger partial charge in [-0.2, -0.15) is 0 Å². The van der Waals surface area contributed by atoms with Crippen LogP contribution in [-0.4, -0.2) is 48.3 Å². The first-order valence-corrected chi connectivity index (χ1v) is 6.72. The van der Waals surface area contributed by atoms with Crippen LogP contribution in [-0.2, 0) is 4.74 Å². The minimum Gasteiger partial charge on any atom is -0.384 e.